The predicted octanol–water partition coefficient (Wildman–Crippen LogP) is 5.31. The highest BCUT2D eigenvalue weighted by Crippen LogP contribution is 2.21. The van der Waals surface area contributed by atoms with Crippen LogP contribution in [0.2, 0.25) is 5.02 Å². The largest absolute Gasteiger partial charge is 0.481 e. The molecule has 3 aromatic rings. The van der Waals surface area contributed by atoms with Crippen molar-refractivity contribution >= 4 is 34.8 Å². The van der Waals surface area contributed by atoms with E-state index >= 15 is 0 Å². The van der Waals surface area contributed by atoms with Gasteiger partial charge in [0.2, 0.25) is 0 Å². The summed E-state index contributed by atoms with van der Waals surface area (Å²) in [7, 11) is 0. The smallest absolute Gasteiger partial charge is 0.265 e. The van der Waals surface area contributed by atoms with Crippen LogP contribution in [0.3, 0.4) is 0 Å². The fourth-order valence-electron chi connectivity index (χ4n) is 2.67. The number of hydrogen-bond acceptors (Lipinski definition) is 3. The van der Waals surface area contributed by atoms with Crippen LogP contribution in [-0.4, -0.2) is 17.9 Å². The van der Waals surface area contributed by atoms with E-state index in [-0.39, 0.29) is 11.8 Å². The van der Waals surface area contributed by atoms with E-state index in [1.54, 1.807) is 61.5 Å². The van der Waals surface area contributed by atoms with Crippen molar-refractivity contribution < 1.29 is 14.3 Å². The molecular weight excluding hydrogens is 388 g/mol. The van der Waals surface area contributed by atoms with Crippen LogP contribution in [0, 0.1) is 6.92 Å². The molecule has 0 bridgehead atoms. The SMILES string of the molecule is Cc1cc(Cl)ccc1NC(=O)c1ccc(O[C@@H](C)C(=O)Nc2ccccc2)cc1. The van der Waals surface area contributed by atoms with Gasteiger partial charge < -0.3 is 15.4 Å². The first-order chi connectivity index (χ1) is 13.9. The maximum absolute atomic E-state index is 12.4. The lowest BCUT2D eigenvalue weighted by Gasteiger charge is -2.15. The molecule has 0 saturated carbocycles. The highest BCUT2D eigenvalue weighted by Gasteiger charge is 2.15. The normalized spacial score (nSPS) is 11.4. The van der Waals surface area contributed by atoms with E-state index in [2.05, 4.69) is 10.6 Å². The standard InChI is InChI=1S/C23H21ClN2O3/c1-15-14-18(24)10-13-21(15)26-23(28)17-8-11-20(12-9-17)29-16(2)22(27)25-19-6-4-3-5-7-19/h3-14,16H,1-2H3,(H,25,27)(H,26,28)/t16-/m0/s1. The number of benzene rings is 3. The summed E-state index contributed by atoms with van der Waals surface area (Å²) < 4.78 is 5.68. The first-order valence-corrected chi connectivity index (χ1v) is 9.50. The lowest BCUT2D eigenvalue weighted by molar-refractivity contribution is -0.122. The van der Waals surface area contributed by atoms with Gasteiger partial charge in [0.05, 0.1) is 0 Å². The molecule has 1 atom stereocenters. The second-order valence-electron chi connectivity index (χ2n) is 6.55. The Hall–Kier alpha value is -3.31. The molecular formula is C23H21ClN2O3. The van der Waals surface area contributed by atoms with Gasteiger partial charge in [-0.2, -0.15) is 0 Å². The van der Waals surface area contributed by atoms with Crippen molar-refractivity contribution in [3.05, 3.63) is 88.9 Å². The summed E-state index contributed by atoms with van der Waals surface area (Å²) in [5.41, 5.74) is 2.76. The summed E-state index contributed by atoms with van der Waals surface area (Å²) in [4.78, 5) is 24.7. The minimum Gasteiger partial charge on any atom is -0.481 e. The number of carbonyl (C=O) groups excluding carboxylic acids is 2. The van der Waals surface area contributed by atoms with Crippen LogP contribution in [0.5, 0.6) is 5.75 Å². The molecule has 5 nitrogen and oxygen atoms in total. The highest BCUT2D eigenvalue weighted by atomic mass is 35.5. The van der Waals surface area contributed by atoms with Crippen molar-refractivity contribution in [1.82, 2.24) is 0 Å². The van der Waals surface area contributed by atoms with Gasteiger partial charge in [0.15, 0.2) is 6.10 Å². The number of rotatable bonds is 6. The average Bonchev–Trinajstić information content (AvgIpc) is 2.71. The van der Waals surface area contributed by atoms with Crippen molar-refractivity contribution in [3.63, 3.8) is 0 Å². The quantitative estimate of drug-likeness (QED) is 0.581. The summed E-state index contributed by atoms with van der Waals surface area (Å²) in [5, 5.41) is 6.27. The van der Waals surface area contributed by atoms with Gasteiger partial charge in [-0.25, -0.2) is 0 Å². The van der Waals surface area contributed by atoms with Crippen molar-refractivity contribution in [1.29, 1.82) is 0 Å². The Labute approximate surface area is 174 Å². The molecule has 0 aliphatic carbocycles. The number of amides is 2. The Morgan fingerprint density at radius 2 is 1.62 bits per heavy atom. The lowest BCUT2D eigenvalue weighted by Crippen LogP contribution is -2.30. The molecule has 6 heteroatoms. The van der Waals surface area contributed by atoms with E-state index in [0.717, 1.165) is 5.56 Å². The first kappa shape index (κ1) is 20.4. The van der Waals surface area contributed by atoms with Crippen molar-refractivity contribution in [2.24, 2.45) is 0 Å². The fraction of sp³-hybridized carbons (Fsp3) is 0.130. The van der Waals surface area contributed by atoms with Gasteiger partial charge in [0.25, 0.3) is 11.8 Å². The first-order valence-electron chi connectivity index (χ1n) is 9.12. The maximum Gasteiger partial charge on any atom is 0.265 e. The number of nitrogens with one attached hydrogen (secondary N) is 2. The van der Waals surface area contributed by atoms with Gasteiger partial charge in [-0.3, -0.25) is 9.59 Å². The van der Waals surface area contributed by atoms with Crippen LogP contribution in [0.1, 0.15) is 22.8 Å². The third kappa shape index (κ3) is 5.59. The number of aryl methyl sites for hydroxylation is 1. The molecule has 2 amide bonds. The van der Waals surface area contributed by atoms with E-state index in [0.29, 0.717) is 27.7 Å². The number of para-hydroxylation sites is 1. The Kier molecular flexibility index (Phi) is 6.52. The molecule has 0 saturated heterocycles. The zero-order valence-corrected chi connectivity index (χ0v) is 16.9. The minimum absolute atomic E-state index is 0.239. The average molecular weight is 409 g/mol. The third-order valence-corrected chi connectivity index (χ3v) is 4.51. The van der Waals surface area contributed by atoms with E-state index in [4.69, 9.17) is 16.3 Å². The minimum atomic E-state index is -0.688. The lowest BCUT2D eigenvalue weighted by atomic mass is 10.1. The van der Waals surface area contributed by atoms with Gasteiger partial charge >= 0.3 is 0 Å². The zero-order valence-electron chi connectivity index (χ0n) is 16.1. The number of anilines is 2. The van der Waals surface area contributed by atoms with Gasteiger partial charge in [-0.1, -0.05) is 29.8 Å². The number of hydrogen-bond donors (Lipinski definition) is 2. The van der Waals surface area contributed by atoms with Crippen LogP contribution < -0.4 is 15.4 Å². The molecule has 29 heavy (non-hydrogen) atoms. The number of ether oxygens (including phenoxy) is 1. The molecule has 3 rings (SSSR count). The van der Waals surface area contributed by atoms with Crippen LogP contribution in [0.15, 0.2) is 72.8 Å². The third-order valence-electron chi connectivity index (χ3n) is 4.28. The van der Waals surface area contributed by atoms with Crippen LogP contribution in [0.25, 0.3) is 0 Å². The van der Waals surface area contributed by atoms with Crippen LogP contribution in [-0.2, 0) is 4.79 Å². The Bertz CT molecular complexity index is 1000. The molecule has 0 spiro atoms. The fourth-order valence-corrected chi connectivity index (χ4v) is 2.90. The molecule has 0 aromatic heterocycles. The molecule has 3 aromatic carbocycles. The van der Waals surface area contributed by atoms with Gasteiger partial charge in [-0.05, 0) is 74.0 Å². The molecule has 0 radical (unpaired) electrons. The molecule has 148 valence electrons. The van der Waals surface area contributed by atoms with Gasteiger partial charge in [0.1, 0.15) is 5.75 Å². The maximum atomic E-state index is 12.4. The molecule has 0 aliphatic rings. The molecule has 0 heterocycles. The van der Waals surface area contributed by atoms with Gasteiger partial charge in [-0.15, -0.1) is 0 Å². The Balaban J connectivity index is 1.59. The summed E-state index contributed by atoms with van der Waals surface area (Å²) in [5.74, 6) is 0.00742. The number of halogens is 1. The molecule has 0 aliphatic heterocycles. The topological polar surface area (TPSA) is 67.4 Å². The van der Waals surface area contributed by atoms with Crippen molar-refractivity contribution in [2.45, 2.75) is 20.0 Å². The monoisotopic (exact) mass is 408 g/mol. The summed E-state index contributed by atoms with van der Waals surface area (Å²) >= 11 is 5.94. The van der Waals surface area contributed by atoms with E-state index in [1.807, 2.05) is 25.1 Å². The van der Waals surface area contributed by atoms with Gasteiger partial charge in [0, 0.05) is 22.0 Å². The molecule has 0 unspecified atom stereocenters. The Morgan fingerprint density at radius 1 is 0.931 bits per heavy atom. The van der Waals surface area contributed by atoms with Crippen molar-refractivity contribution in [3.8, 4) is 5.75 Å². The van der Waals surface area contributed by atoms with Crippen LogP contribution in [0.4, 0.5) is 11.4 Å². The van der Waals surface area contributed by atoms with Crippen LogP contribution >= 0.6 is 11.6 Å². The molecule has 2 N–H and O–H groups in total. The van der Waals surface area contributed by atoms with E-state index < -0.39 is 6.10 Å². The predicted molar refractivity (Wildman–Crippen MR) is 116 cm³/mol. The number of carbonyl (C=O) groups is 2. The summed E-state index contributed by atoms with van der Waals surface area (Å²) in [6.07, 6.45) is -0.688. The zero-order chi connectivity index (χ0) is 20.8. The summed E-state index contributed by atoms with van der Waals surface area (Å²) in [6, 6.07) is 21.1. The van der Waals surface area contributed by atoms with Crippen molar-refractivity contribution in [2.75, 3.05) is 10.6 Å². The van der Waals surface area contributed by atoms with E-state index in [1.165, 1.54) is 0 Å². The second-order valence-corrected chi connectivity index (χ2v) is 6.99. The second kappa shape index (κ2) is 9.26. The molecule has 0 fully saturated rings. The highest BCUT2D eigenvalue weighted by molar-refractivity contribution is 6.30. The summed E-state index contributed by atoms with van der Waals surface area (Å²) in [6.45, 7) is 3.54. The Morgan fingerprint density at radius 3 is 2.28 bits per heavy atom. The van der Waals surface area contributed by atoms with E-state index in [9.17, 15) is 9.59 Å².